The normalized spacial score (nSPS) is 10.1. The Morgan fingerprint density at radius 3 is 2.80 bits per heavy atom. The monoisotopic (exact) mass is 276 g/mol. The zero-order valence-corrected chi connectivity index (χ0v) is 9.67. The highest BCUT2D eigenvalue weighted by atomic mass is 79.9. The molecule has 82 valence electrons. The molecule has 1 N–H and O–H groups in total. The number of carboxylic acid groups (broad SMARTS) is 1. The number of hydrogen-bond acceptors (Lipinski definition) is 2. The first kappa shape index (κ1) is 12.0. The third-order valence-corrected chi connectivity index (χ3v) is 2.55. The van der Waals surface area contributed by atoms with Gasteiger partial charge < -0.3 is 9.84 Å². The average Bonchev–Trinajstić information content (AvgIpc) is 2.18. The summed E-state index contributed by atoms with van der Waals surface area (Å²) in [7, 11) is 1.44. The molecule has 0 atom stereocenters. The predicted octanol–water partition coefficient (Wildman–Crippen LogP) is 2.61. The topological polar surface area (TPSA) is 46.5 Å². The molecule has 15 heavy (non-hydrogen) atoms. The number of carboxylic acids is 1. The lowest BCUT2D eigenvalue weighted by molar-refractivity contribution is -0.136. The van der Waals surface area contributed by atoms with Crippen LogP contribution in [0.3, 0.4) is 0 Å². The lowest BCUT2D eigenvalue weighted by atomic mass is 10.1. The molecule has 0 aromatic heterocycles. The molecular weight excluding hydrogens is 267 g/mol. The van der Waals surface area contributed by atoms with E-state index < -0.39 is 11.8 Å². The van der Waals surface area contributed by atoms with Crippen LogP contribution in [-0.4, -0.2) is 18.2 Å². The summed E-state index contributed by atoms with van der Waals surface area (Å²) < 4.78 is 18.9. The fraction of sp³-hybridized carbons (Fsp3) is 0.300. The molecule has 0 unspecified atom stereocenters. The van der Waals surface area contributed by atoms with Gasteiger partial charge in [0.2, 0.25) is 0 Å². The van der Waals surface area contributed by atoms with Gasteiger partial charge in [-0.05, 0) is 34.0 Å². The summed E-state index contributed by atoms with van der Waals surface area (Å²) in [5, 5.41) is 8.48. The van der Waals surface area contributed by atoms with E-state index in [2.05, 4.69) is 15.9 Å². The highest BCUT2D eigenvalue weighted by molar-refractivity contribution is 9.10. The molecule has 0 heterocycles. The standard InChI is InChI=1S/C10H10BrFO3/c1-15-9-5-8(12)6(4-7(9)11)2-3-10(13)14/h4-5H,2-3H2,1H3,(H,13,14). The molecule has 1 rings (SSSR count). The van der Waals surface area contributed by atoms with Crippen LogP contribution in [0.25, 0.3) is 0 Å². The molecule has 0 saturated heterocycles. The number of rotatable bonds is 4. The Morgan fingerprint density at radius 1 is 1.60 bits per heavy atom. The Bertz CT molecular complexity index is 379. The summed E-state index contributed by atoms with van der Waals surface area (Å²) in [6, 6.07) is 2.78. The van der Waals surface area contributed by atoms with Gasteiger partial charge in [-0.1, -0.05) is 0 Å². The van der Waals surface area contributed by atoms with Crippen LogP contribution in [0.5, 0.6) is 5.75 Å². The minimum absolute atomic E-state index is 0.0876. The predicted molar refractivity (Wildman–Crippen MR) is 56.6 cm³/mol. The van der Waals surface area contributed by atoms with Gasteiger partial charge in [-0.25, -0.2) is 4.39 Å². The molecule has 0 saturated carbocycles. The number of ether oxygens (including phenoxy) is 1. The lowest BCUT2D eigenvalue weighted by Gasteiger charge is -2.07. The molecule has 1 aromatic rings. The van der Waals surface area contributed by atoms with Gasteiger partial charge in [0.25, 0.3) is 0 Å². The smallest absolute Gasteiger partial charge is 0.303 e. The highest BCUT2D eigenvalue weighted by Gasteiger charge is 2.09. The Labute approximate surface area is 95.0 Å². The maximum Gasteiger partial charge on any atom is 0.303 e. The van der Waals surface area contributed by atoms with E-state index in [1.807, 2.05) is 0 Å². The van der Waals surface area contributed by atoms with Crippen molar-refractivity contribution >= 4 is 21.9 Å². The van der Waals surface area contributed by atoms with Crippen LogP contribution < -0.4 is 4.74 Å². The fourth-order valence-corrected chi connectivity index (χ4v) is 1.71. The van der Waals surface area contributed by atoms with E-state index in [1.165, 1.54) is 19.2 Å². The minimum atomic E-state index is -0.943. The van der Waals surface area contributed by atoms with Crippen molar-refractivity contribution in [3.05, 3.63) is 28.0 Å². The first-order valence-electron chi connectivity index (χ1n) is 4.28. The molecule has 0 bridgehead atoms. The number of methoxy groups -OCH3 is 1. The number of aryl methyl sites for hydroxylation is 1. The van der Waals surface area contributed by atoms with Crippen LogP contribution in [0.15, 0.2) is 16.6 Å². The Morgan fingerprint density at radius 2 is 2.27 bits per heavy atom. The molecule has 0 aliphatic heterocycles. The number of benzene rings is 1. The van der Waals surface area contributed by atoms with Gasteiger partial charge in [0.05, 0.1) is 11.6 Å². The van der Waals surface area contributed by atoms with Crippen molar-refractivity contribution in [3.63, 3.8) is 0 Å². The van der Waals surface area contributed by atoms with Gasteiger partial charge in [0.1, 0.15) is 11.6 Å². The van der Waals surface area contributed by atoms with Gasteiger partial charge in [-0.2, -0.15) is 0 Å². The van der Waals surface area contributed by atoms with E-state index in [4.69, 9.17) is 9.84 Å². The molecule has 0 spiro atoms. The molecule has 0 radical (unpaired) electrons. The van der Waals surface area contributed by atoms with Gasteiger partial charge in [-0.15, -0.1) is 0 Å². The van der Waals surface area contributed by atoms with Crippen LogP contribution >= 0.6 is 15.9 Å². The first-order valence-corrected chi connectivity index (χ1v) is 5.07. The lowest BCUT2D eigenvalue weighted by Crippen LogP contribution is -2.00. The van der Waals surface area contributed by atoms with Gasteiger partial charge >= 0.3 is 5.97 Å². The molecule has 0 fully saturated rings. The first-order chi connectivity index (χ1) is 7.04. The van der Waals surface area contributed by atoms with Crippen molar-refractivity contribution in [2.45, 2.75) is 12.8 Å². The second-order valence-corrected chi connectivity index (χ2v) is 3.83. The largest absolute Gasteiger partial charge is 0.495 e. The van der Waals surface area contributed by atoms with Gasteiger partial charge in [0.15, 0.2) is 0 Å². The van der Waals surface area contributed by atoms with Crippen molar-refractivity contribution in [1.82, 2.24) is 0 Å². The number of carbonyl (C=O) groups is 1. The third kappa shape index (κ3) is 3.20. The van der Waals surface area contributed by atoms with Crippen molar-refractivity contribution in [2.24, 2.45) is 0 Å². The number of halogens is 2. The number of aliphatic carboxylic acids is 1. The van der Waals surface area contributed by atoms with E-state index in [1.54, 1.807) is 0 Å². The summed E-state index contributed by atoms with van der Waals surface area (Å²) in [5.41, 5.74) is 0.366. The van der Waals surface area contributed by atoms with Crippen LogP contribution in [0.4, 0.5) is 4.39 Å². The molecule has 3 nitrogen and oxygen atoms in total. The third-order valence-electron chi connectivity index (χ3n) is 1.93. The SMILES string of the molecule is COc1cc(F)c(CCC(=O)O)cc1Br. The highest BCUT2D eigenvalue weighted by Crippen LogP contribution is 2.28. The van der Waals surface area contributed by atoms with Crippen LogP contribution in [0.2, 0.25) is 0 Å². The second kappa shape index (κ2) is 5.11. The van der Waals surface area contributed by atoms with E-state index >= 15 is 0 Å². The summed E-state index contributed by atoms with van der Waals surface area (Å²) in [5.74, 6) is -0.996. The van der Waals surface area contributed by atoms with E-state index in [-0.39, 0.29) is 12.8 Å². The summed E-state index contributed by atoms with van der Waals surface area (Å²) >= 11 is 3.21. The van der Waals surface area contributed by atoms with Crippen molar-refractivity contribution < 1.29 is 19.0 Å². The molecule has 5 heteroatoms. The quantitative estimate of drug-likeness (QED) is 0.920. The second-order valence-electron chi connectivity index (χ2n) is 2.97. The van der Waals surface area contributed by atoms with Crippen LogP contribution in [0, 0.1) is 5.82 Å². The van der Waals surface area contributed by atoms with E-state index in [0.29, 0.717) is 15.8 Å². The fourth-order valence-electron chi connectivity index (χ4n) is 1.16. The average molecular weight is 277 g/mol. The molecule has 0 amide bonds. The number of hydrogen-bond donors (Lipinski definition) is 1. The maximum absolute atomic E-state index is 13.4. The van der Waals surface area contributed by atoms with Gasteiger partial charge in [0, 0.05) is 12.5 Å². The maximum atomic E-state index is 13.4. The molecule has 1 aromatic carbocycles. The van der Waals surface area contributed by atoms with Crippen LogP contribution in [-0.2, 0) is 11.2 Å². The van der Waals surface area contributed by atoms with Gasteiger partial charge in [-0.3, -0.25) is 4.79 Å². The summed E-state index contributed by atoms with van der Waals surface area (Å²) in [4.78, 5) is 10.3. The zero-order chi connectivity index (χ0) is 11.4. The van der Waals surface area contributed by atoms with Crippen molar-refractivity contribution in [1.29, 1.82) is 0 Å². The molecule has 0 aliphatic rings. The van der Waals surface area contributed by atoms with Crippen LogP contribution in [0.1, 0.15) is 12.0 Å². The minimum Gasteiger partial charge on any atom is -0.495 e. The summed E-state index contributed by atoms with van der Waals surface area (Å²) in [6.45, 7) is 0. The van der Waals surface area contributed by atoms with E-state index in [9.17, 15) is 9.18 Å². The Kier molecular flexibility index (Phi) is 4.08. The van der Waals surface area contributed by atoms with E-state index in [0.717, 1.165) is 0 Å². The van der Waals surface area contributed by atoms with Crippen molar-refractivity contribution in [2.75, 3.05) is 7.11 Å². The summed E-state index contributed by atoms with van der Waals surface area (Å²) in [6.07, 6.45) is 0.0828. The molecule has 0 aliphatic carbocycles. The van der Waals surface area contributed by atoms with Crippen molar-refractivity contribution in [3.8, 4) is 5.75 Å². The Balaban J connectivity index is 2.90. The molecular formula is C10H10BrFO3. The Hall–Kier alpha value is -1.10. The zero-order valence-electron chi connectivity index (χ0n) is 8.09.